The van der Waals surface area contributed by atoms with E-state index in [1.165, 1.54) is 0 Å². The summed E-state index contributed by atoms with van der Waals surface area (Å²) in [5.41, 5.74) is 1.50. The normalized spacial score (nSPS) is 20.0. The highest BCUT2D eigenvalue weighted by Crippen LogP contribution is 2.23. The maximum atomic E-state index is 12.5. The minimum absolute atomic E-state index is 0.149. The molecule has 0 spiro atoms. The molecule has 1 aromatic rings. The molecule has 0 aromatic carbocycles. The van der Waals surface area contributed by atoms with Crippen LogP contribution in [0.2, 0.25) is 0 Å². The van der Waals surface area contributed by atoms with Gasteiger partial charge in [-0.05, 0) is 59.4 Å². The molecule has 1 saturated heterocycles. The van der Waals surface area contributed by atoms with Crippen LogP contribution in [0.1, 0.15) is 72.1 Å². The van der Waals surface area contributed by atoms with E-state index in [9.17, 15) is 14.4 Å². The molecule has 1 fully saturated rings. The number of aryl methyl sites for hydroxylation is 1. The van der Waals surface area contributed by atoms with Gasteiger partial charge in [-0.25, -0.2) is 9.59 Å². The maximum Gasteiger partial charge on any atom is 0.355 e. The van der Waals surface area contributed by atoms with Gasteiger partial charge in [0.05, 0.1) is 12.2 Å². The third-order valence-corrected chi connectivity index (χ3v) is 4.93. The first-order chi connectivity index (χ1) is 12.3. The van der Waals surface area contributed by atoms with Crippen LogP contribution in [0.4, 0.5) is 0 Å². The van der Waals surface area contributed by atoms with Gasteiger partial charge in [0, 0.05) is 17.8 Å². The molecule has 0 unspecified atom stereocenters. The molecule has 2 atom stereocenters. The van der Waals surface area contributed by atoms with Gasteiger partial charge in [0.15, 0.2) is 6.61 Å². The number of rotatable bonds is 5. The Labute approximate surface area is 154 Å². The van der Waals surface area contributed by atoms with E-state index in [1.54, 1.807) is 25.7 Å². The number of hydrogen-bond donors (Lipinski definition) is 1. The molecular formula is C19H28N2O5. The number of ether oxygens (including phenoxy) is 2. The number of carbonyl (C=O) groups excluding carboxylic acids is 3. The molecule has 1 aromatic heterocycles. The minimum Gasteiger partial charge on any atom is -0.461 e. The fourth-order valence-corrected chi connectivity index (χ4v) is 3.65. The molecule has 0 radical (unpaired) electrons. The van der Waals surface area contributed by atoms with Crippen molar-refractivity contribution in [3.05, 3.63) is 22.5 Å². The molecular weight excluding hydrogens is 336 g/mol. The highest BCUT2D eigenvalue weighted by molar-refractivity contribution is 5.99. The zero-order valence-electron chi connectivity index (χ0n) is 16.2. The standard InChI is InChI=1S/C19H28N2O5/c1-6-25-19(24)17-13(4)16(14(5)20-17)18(23)26-10-15(22)21-11(2)8-7-9-12(21)3/h11-12,20H,6-10H2,1-5H3/t11-,12+. The number of carbonyl (C=O) groups is 3. The Hall–Kier alpha value is -2.31. The Morgan fingerprint density at radius 1 is 1.08 bits per heavy atom. The van der Waals surface area contributed by atoms with E-state index in [2.05, 4.69) is 4.98 Å². The number of H-pyrrole nitrogens is 1. The predicted octanol–water partition coefficient (Wildman–Crippen LogP) is 2.75. The lowest BCUT2D eigenvalue weighted by molar-refractivity contribution is -0.140. The highest BCUT2D eigenvalue weighted by atomic mass is 16.5. The Morgan fingerprint density at radius 3 is 2.27 bits per heavy atom. The monoisotopic (exact) mass is 364 g/mol. The van der Waals surface area contributed by atoms with E-state index in [1.807, 2.05) is 13.8 Å². The van der Waals surface area contributed by atoms with Crippen LogP contribution in [-0.2, 0) is 14.3 Å². The van der Waals surface area contributed by atoms with Gasteiger partial charge >= 0.3 is 11.9 Å². The van der Waals surface area contributed by atoms with Crippen LogP contribution in [0.3, 0.4) is 0 Å². The second-order valence-electron chi connectivity index (χ2n) is 6.85. The fraction of sp³-hybridized carbons (Fsp3) is 0.632. The van der Waals surface area contributed by atoms with Crippen molar-refractivity contribution in [2.75, 3.05) is 13.2 Å². The van der Waals surface area contributed by atoms with Crippen molar-refractivity contribution in [2.45, 2.75) is 66.0 Å². The van der Waals surface area contributed by atoms with Crippen molar-refractivity contribution in [3.63, 3.8) is 0 Å². The van der Waals surface area contributed by atoms with E-state index in [-0.39, 0.29) is 42.5 Å². The van der Waals surface area contributed by atoms with Gasteiger partial charge in [-0.1, -0.05) is 0 Å². The number of amides is 1. The predicted molar refractivity (Wildman–Crippen MR) is 96.1 cm³/mol. The second-order valence-corrected chi connectivity index (χ2v) is 6.85. The first-order valence-electron chi connectivity index (χ1n) is 9.12. The van der Waals surface area contributed by atoms with Crippen LogP contribution < -0.4 is 0 Å². The lowest BCUT2D eigenvalue weighted by atomic mass is 9.97. The van der Waals surface area contributed by atoms with Crippen molar-refractivity contribution in [1.82, 2.24) is 9.88 Å². The molecule has 2 heterocycles. The average molecular weight is 364 g/mol. The molecule has 7 heteroatoms. The lowest BCUT2D eigenvalue weighted by Gasteiger charge is -2.38. The third-order valence-electron chi connectivity index (χ3n) is 4.93. The quantitative estimate of drug-likeness (QED) is 0.812. The number of esters is 2. The molecule has 26 heavy (non-hydrogen) atoms. The molecule has 0 aliphatic carbocycles. The van der Waals surface area contributed by atoms with E-state index in [0.717, 1.165) is 19.3 Å². The summed E-state index contributed by atoms with van der Waals surface area (Å²) in [4.78, 5) is 41.6. The number of likely N-dealkylation sites (tertiary alicyclic amines) is 1. The maximum absolute atomic E-state index is 12.5. The van der Waals surface area contributed by atoms with Crippen molar-refractivity contribution in [3.8, 4) is 0 Å². The van der Waals surface area contributed by atoms with Crippen molar-refractivity contribution >= 4 is 17.8 Å². The molecule has 1 N–H and O–H groups in total. The summed E-state index contributed by atoms with van der Waals surface area (Å²) in [5, 5.41) is 0. The third kappa shape index (κ3) is 4.08. The average Bonchev–Trinajstić information content (AvgIpc) is 2.87. The van der Waals surface area contributed by atoms with Gasteiger partial charge in [0.1, 0.15) is 5.69 Å². The summed E-state index contributed by atoms with van der Waals surface area (Å²) in [6.07, 6.45) is 3.02. The van der Waals surface area contributed by atoms with Crippen LogP contribution in [-0.4, -0.2) is 53.0 Å². The summed E-state index contributed by atoms with van der Waals surface area (Å²) < 4.78 is 10.2. The Balaban J connectivity index is 2.06. The molecule has 1 aliphatic rings. The van der Waals surface area contributed by atoms with E-state index in [4.69, 9.17) is 9.47 Å². The molecule has 2 rings (SSSR count). The zero-order chi connectivity index (χ0) is 19.4. The number of nitrogens with one attached hydrogen (secondary N) is 1. The first kappa shape index (κ1) is 20.0. The van der Waals surface area contributed by atoms with Crippen molar-refractivity contribution < 1.29 is 23.9 Å². The Morgan fingerprint density at radius 2 is 1.69 bits per heavy atom. The number of nitrogens with zero attached hydrogens (tertiary/aromatic N) is 1. The van der Waals surface area contributed by atoms with Crippen LogP contribution >= 0.6 is 0 Å². The summed E-state index contributed by atoms with van der Waals surface area (Å²) in [7, 11) is 0. The number of piperidine rings is 1. The number of aromatic amines is 1. The van der Waals surface area contributed by atoms with Gasteiger partial charge in [-0.15, -0.1) is 0 Å². The molecule has 144 valence electrons. The summed E-state index contributed by atoms with van der Waals surface area (Å²) in [6.45, 7) is 9.03. The van der Waals surface area contributed by atoms with Gasteiger partial charge in [0.2, 0.25) is 0 Å². The summed E-state index contributed by atoms with van der Waals surface area (Å²) >= 11 is 0. The van der Waals surface area contributed by atoms with Crippen molar-refractivity contribution in [2.24, 2.45) is 0 Å². The lowest BCUT2D eigenvalue weighted by Crippen LogP contribution is -2.49. The molecule has 1 amide bonds. The largest absolute Gasteiger partial charge is 0.461 e. The molecule has 0 saturated carbocycles. The van der Waals surface area contributed by atoms with E-state index < -0.39 is 11.9 Å². The molecule has 1 aliphatic heterocycles. The van der Waals surface area contributed by atoms with Crippen LogP contribution in [0.15, 0.2) is 0 Å². The van der Waals surface area contributed by atoms with E-state index >= 15 is 0 Å². The van der Waals surface area contributed by atoms with E-state index in [0.29, 0.717) is 11.3 Å². The topological polar surface area (TPSA) is 88.7 Å². The van der Waals surface area contributed by atoms with Crippen LogP contribution in [0.5, 0.6) is 0 Å². The summed E-state index contributed by atoms with van der Waals surface area (Å²) in [5.74, 6) is -1.31. The fourth-order valence-electron chi connectivity index (χ4n) is 3.65. The minimum atomic E-state index is -0.613. The smallest absolute Gasteiger partial charge is 0.355 e. The number of hydrogen-bond acceptors (Lipinski definition) is 5. The molecule has 7 nitrogen and oxygen atoms in total. The van der Waals surface area contributed by atoms with Crippen LogP contribution in [0, 0.1) is 13.8 Å². The molecule has 0 bridgehead atoms. The van der Waals surface area contributed by atoms with Gasteiger partial charge in [-0.2, -0.15) is 0 Å². The van der Waals surface area contributed by atoms with Gasteiger partial charge < -0.3 is 19.4 Å². The van der Waals surface area contributed by atoms with Crippen molar-refractivity contribution in [1.29, 1.82) is 0 Å². The number of aromatic nitrogens is 1. The second kappa shape index (κ2) is 8.38. The summed E-state index contributed by atoms with van der Waals surface area (Å²) in [6, 6.07) is 0.298. The SMILES string of the molecule is CCOC(=O)c1[nH]c(C)c(C(=O)OCC(=O)N2[C@H](C)CCC[C@@H]2C)c1C. The Kier molecular flexibility index (Phi) is 6.45. The van der Waals surface area contributed by atoms with Gasteiger partial charge in [0.25, 0.3) is 5.91 Å². The Bertz CT molecular complexity index is 684. The highest BCUT2D eigenvalue weighted by Gasteiger charge is 2.30. The first-order valence-corrected chi connectivity index (χ1v) is 9.12. The van der Waals surface area contributed by atoms with Gasteiger partial charge in [-0.3, -0.25) is 4.79 Å². The van der Waals surface area contributed by atoms with Crippen LogP contribution in [0.25, 0.3) is 0 Å². The zero-order valence-corrected chi connectivity index (χ0v) is 16.2.